The first-order chi connectivity index (χ1) is 12.1. The van der Waals surface area contributed by atoms with Gasteiger partial charge in [0.2, 0.25) is 11.8 Å². The second-order valence-electron chi connectivity index (χ2n) is 5.41. The van der Waals surface area contributed by atoms with Crippen LogP contribution in [-0.2, 0) is 16.0 Å². The number of hydrogen-bond donors (Lipinski definition) is 3. The zero-order valence-electron chi connectivity index (χ0n) is 13.8. The molecular formula is C19H21N3O3. The highest BCUT2D eigenvalue weighted by molar-refractivity contribution is 5.96. The minimum absolute atomic E-state index is 0.0992. The first kappa shape index (κ1) is 18.2. The Balaban J connectivity index is 1.58. The molecule has 0 spiro atoms. The predicted molar refractivity (Wildman–Crippen MR) is 94.9 cm³/mol. The molecule has 0 aliphatic heterocycles. The van der Waals surface area contributed by atoms with Crippen LogP contribution in [0.2, 0.25) is 0 Å². The number of hydrogen-bond acceptors (Lipinski definition) is 3. The largest absolute Gasteiger partial charge is 0.354 e. The van der Waals surface area contributed by atoms with Crippen molar-refractivity contribution in [3.63, 3.8) is 0 Å². The lowest BCUT2D eigenvalue weighted by molar-refractivity contribution is -0.122. The zero-order valence-corrected chi connectivity index (χ0v) is 13.8. The average molecular weight is 339 g/mol. The van der Waals surface area contributed by atoms with Crippen molar-refractivity contribution in [2.75, 3.05) is 19.6 Å². The lowest BCUT2D eigenvalue weighted by Gasteiger charge is -2.08. The third kappa shape index (κ3) is 6.87. The number of amides is 3. The van der Waals surface area contributed by atoms with Crippen LogP contribution in [0, 0.1) is 0 Å². The topological polar surface area (TPSA) is 87.3 Å². The van der Waals surface area contributed by atoms with Crippen LogP contribution in [-0.4, -0.2) is 37.4 Å². The summed E-state index contributed by atoms with van der Waals surface area (Å²) in [7, 11) is 0. The maximum atomic E-state index is 11.8. The van der Waals surface area contributed by atoms with Crippen molar-refractivity contribution < 1.29 is 14.4 Å². The zero-order chi connectivity index (χ0) is 17.9. The molecule has 0 radical (unpaired) electrons. The van der Waals surface area contributed by atoms with E-state index in [0.29, 0.717) is 25.1 Å². The average Bonchev–Trinajstić information content (AvgIpc) is 2.65. The lowest BCUT2D eigenvalue weighted by Crippen LogP contribution is -2.40. The second-order valence-corrected chi connectivity index (χ2v) is 5.41. The van der Waals surface area contributed by atoms with Crippen molar-refractivity contribution >= 4 is 17.7 Å². The van der Waals surface area contributed by atoms with Gasteiger partial charge in [0.05, 0.1) is 13.0 Å². The van der Waals surface area contributed by atoms with E-state index in [-0.39, 0.29) is 24.3 Å². The molecule has 2 aromatic carbocycles. The highest BCUT2D eigenvalue weighted by Gasteiger charge is 2.07. The van der Waals surface area contributed by atoms with Gasteiger partial charge in [-0.05, 0) is 17.7 Å². The fourth-order valence-electron chi connectivity index (χ4n) is 2.16. The van der Waals surface area contributed by atoms with Crippen molar-refractivity contribution in [1.29, 1.82) is 0 Å². The van der Waals surface area contributed by atoms with Crippen LogP contribution in [0.1, 0.15) is 15.9 Å². The van der Waals surface area contributed by atoms with E-state index in [1.807, 2.05) is 36.4 Å². The maximum Gasteiger partial charge on any atom is 0.251 e. The molecule has 0 aliphatic carbocycles. The molecule has 130 valence electrons. The van der Waals surface area contributed by atoms with E-state index in [9.17, 15) is 14.4 Å². The van der Waals surface area contributed by atoms with Gasteiger partial charge in [0.25, 0.3) is 5.91 Å². The van der Waals surface area contributed by atoms with E-state index in [4.69, 9.17) is 0 Å². The van der Waals surface area contributed by atoms with Gasteiger partial charge >= 0.3 is 0 Å². The molecule has 2 rings (SSSR count). The Morgan fingerprint density at radius 1 is 0.680 bits per heavy atom. The number of rotatable bonds is 8. The van der Waals surface area contributed by atoms with Crippen LogP contribution in [0.4, 0.5) is 0 Å². The fraction of sp³-hybridized carbons (Fsp3) is 0.211. The highest BCUT2D eigenvalue weighted by Crippen LogP contribution is 1.99. The summed E-state index contributed by atoms with van der Waals surface area (Å²) in [4.78, 5) is 35.2. The molecule has 6 nitrogen and oxygen atoms in total. The van der Waals surface area contributed by atoms with Gasteiger partial charge in [-0.1, -0.05) is 48.5 Å². The van der Waals surface area contributed by atoms with Crippen LogP contribution in [0.15, 0.2) is 60.7 Å². The van der Waals surface area contributed by atoms with Crippen molar-refractivity contribution in [2.45, 2.75) is 6.42 Å². The van der Waals surface area contributed by atoms with Gasteiger partial charge in [-0.15, -0.1) is 0 Å². The van der Waals surface area contributed by atoms with Crippen LogP contribution >= 0.6 is 0 Å². The molecule has 0 heterocycles. The van der Waals surface area contributed by atoms with Crippen LogP contribution in [0.25, 0.3) is 0 Å². The molecule has 0 saturated heterocycles. The molecule has 0 saturated carbocycles. The van der Waals surface area contributed by atoms with E-state index in [1.54, 1.807) is 24.3 Å². The number of nitrogens with one attached hydrogen (secondary N) is 3. The number of carbonyl (C=O) groups is 3. The Kier molecular flexibility index (Phi) is 7.18. The van der Waals surface area contributed by atoms with E-state index in [0.717, 1.165) is 5.56 Å². The van der Waals surface area contributed by atoms with Crippen molar-refractivity contribution in [2.24, 2.45) is 0 Å². The summed E-state index contributed by atoms with van der Waals surface area (Å²) in [5, 5.41) is 7.92. The van der Waals surface area contributed by atoms with E-state index in [2.05, 4.69) is 16.0 Å². The van der Waals surface area contributed by atoms with Crippen molar-refractivity contribution in [3.8, 4) is 0 Å². The Labute approximate surface area is 146 Å². The van der Waals surface area contributed by atoms with E-state index >= 15 is 0 Å². The molecular weight excluding hydrogens is 318 g/mol. The smallest absolute Gasteiger partial charge is 0.251 e. The van der Waals surface area contributed by atoms with Gasteiger partial charge in [0.15, 0.2) is 0 Å². The third-order valence-electron chi connectivity index (χ3n) is 3.42. The molecule has 0 aliphatic rings. The molecule has 6 heteroatoms. The third-order valence-corrected chi connectivity index (χ3v) is 3.42. The maximum absolute atomic E-state index is 11.8. The molecule has 0 atom stereocenters. The quantitative estimate of drug-likeness (QED) is 0.624. The van der Waals surface area contributed by atoms with Gasteiger partial charge in [-0.2, -0.15) is 0 Å². The van der Waals surface area contributed by atoms with Crippen molar-refractivity contribution in [3.05, 3.63) is 71.8 Å². The summed E-state index contributed by atoms with van der Waals surface area (Å²) in [5.41, 5.74) is 1.44. The molecule has 0 bridgehead atoms. The molecule has 3 N–H and O–H groups in total. The van der Waals surface area contributed by atoms with Gasteiger partial charge in [0.1, 0.15) is 0 Å². The Morgan fingerprint density at radius 3 is 1.88 bits per heavy atom. The lowest BCUT2D eigenvalue weighted by atomic mass is 10.1. The van der Waals surface area contributed by atoms with Gasteiger partial charge < -0.3 is 16.0 Å². The summed E-state index contributed by atoms with van der Waals surface area (Å²) in [6.07, 6.45) is 0.307. The SMILES string of the molecule is O=C(CNC(=O)c1ccccc1)NCCNC(=O)Cc1ccccc1. The molecule has 3 amide bonds. The summed E-state index contributed by atoms with van der Waals surface area (Å²) in [5.74, 6) is -0.702. The monoisotopic (exact) mass is 339 g/mol. The summed E-state index contributed by atoms with van der Waals surface area (Å²) in [6, 6.07) is 18.1. The van der Waals surface area contributed by atoms with Crippen LogP contribution in [0.5, 0.6) is 0 Å². The molecule has 2 aromatic rings. The van der Waals surface area contributed by atoms with E-state index in [1.165, 1.54) is 0 Å². The summed E-state index contributed by atoms with van der Waals surface area (Å²) < 4.78 is 0. The van der Waals surface area contributed by atoms with Crippen LogP contribution < -0.4 is 16.0 Å². The van der Waals surface area contributed by atoms with Crippen molar-refractivity contribution in [1.82, 2.24) is 16.0 Å². The summed E-state index contributed by atoms with van der Waals surface area (Å²) >= 11 is 0. The number of carbonyl (C=O) groups excluding carboxylic acids is 3. The normalized spacial score (nSPS) is 9.92. The second kappa shape index (κ2) is 9.87. The first-order valence-corrected chi connectivity index (χ1v) is 8.06. The molecule has 25 heavy (non-hydrogen) atoms. The molecule has 0 unspecified atom stereocenters. The summed E-state index contributed by atoms with van der Waals surface area (Å²) in [6.45, 7) is 0.538. The van der Waals surface area contributed by atoms with Gasteiger partial charge in [-0.25, -0.2) is 0 Å². The Bertz CT molecular complexity index is 702. The Morgan fingerprint density at radius 2 is 1.24 bits per heavy atom. The van der Waals surface area contributed by atoms with Gasteiger partial charge in [-0.3, -0.25) is 14.4 Å². The number of benzene rings is 2. The predicted octanol–water partition coefficient (Wildman–Crippen LogP) is 0.891. The van der Waals surface area contributed by atoms with Gasteiger partial charge in [0, 0.05) is 18.7 Å². The minimum atomic E-state index is -0.304. The van der Waals surface area contributed by atoms with E-state index < -0.39 is 0 Å². The first-order valence-electron chi connectivity index (χ1n) is 8.06. The molecule has 0 aromatic heterocycles. The standard InChI is InChI=1S/C19H21N3O3/c23-17(13-15-7-3-1-4-8-15)20-11-12-21-18(24)14-22-19(25)16-9-5-2-6-10-16/h1-10H,11-14H2,(H,20,23)(H,21,24)(H,22,25). The minimum Gasteiger partial charge on any atom is -0.354 e. The Hall–Kier alpha value is -3.15. The highest BCUT2D eigenvalue weighted by atomic mass is 16.2. The molecule has 0 fully saturated rings. The fourth-order valence-corrected chi connectivity index (χ4v) is 2.16. The van der Waals surface area contributed by atoms with Crippen LogP contribution in [0.3, 0.4) is 0 Å².